The summed E-state index contributed by atoms with van der Waals surface area (Å²) >= 11 is 0. The molecule has 4 rings (SSSR count). The van der Waals surface area contributed by atoms with Crippen LogP contribution in [0.3, 0.4) is 0 Å². The van der Waals surface area contributed by atoms with E-state index in [1.54, 1.807) is 19.2 Å². The van der Waals surface area contributed by atoms with E-state index in [2.05, 4.69) is 0 Å². The number of fused-ring (bicyclic) bond motifs is 1. The smallest absolute Gasteiger partial charge is 0.384 e. The van der Waals surface area contributed by atoms with Gasteiger partial charge in [-0.05, 0) is 37.1 Å². The van der Waals surface area contributed by atoms with Gasteiger partial charge in [-0.3, -0.25) is 4.79 Å². The Balaban J connectivity index is 1.53. The van der Waals surface area contributed by atoms with Gasteiger partial charge in [-0.2, -0.15) is 18.4 Å². The van der Waals surface area contributed by atoms with E-state index in [4.69, 9.17) is 10.00 Å². The van der Waals surface area contributed by atoms with E-state index in [9.17, 15) is 18.0 Å². The fraction of sp³-hybridized carbons (Fsp3) is 0.462. The number of methoxy groups -OCH3 is 1. The molecule has 2 aliphatic rings. The summed E-state index contributed by atoms with van der Waals surface area (Å²) in [6.07, 6.45) is -3.54. The number of likely N-dealkylation sites (tertiary alicyclic amines) is 1. The van der Waals surface area contributed by atoms with Gasteiger partial charge in [0.25, 0.3) is 0 Å². The molecule has 0 radical (unpaired) electrons. The van der Waals surface area contributed by atoms with E-state index in [0.29, 0.717) is 44.9 Å². The Morgan fingerprint density at radius 1 is 1.21 bits per heavy atom. The molecule has 0 aromatic heterocycles. The molecule has 2 fully saturated rings. The molecule has 0 aliphatic carbocycles. The van der Waals surface area contributed by atoms with Crippen LogP contribution in [-0.4, -0.2) is 50.7 Å². The molecule has 0 bridgehead atoms. The first-order valence-electron chi connectivity index (χ1n) is 11.3. The Labute approximate surface area is 197 Å². The SMILES string of the molecule is COC[C@@]12CCN(C(=O)Cc3ccc(C)cc3)C[C@@H]1CN(c1ccc(C#N)c(C(F)(F)F)c1)C2. The van der Waals surface area contributed by atoms with Crippen LogP contribution in [0.15, 0.2) is 42.5 Å². The standard InChI is InChI=1S/C26H28F3N3O2/c1-18-3-5-19(6-4-18)11-24(33)31-10-9-25(17-34-2)16-32(15-21(25)14-31)22-8-7-20(13-30)23(12-22)26(27,28)29/h3-8,12,21H,9-11,14-17H2,1-2H3/t21-,25+/m1/s1. The number of carbonyl (C=O) groups is 1. The maximum atomic E-state index is 13.5. The van der Waals surface area contributed by atoms with Crippen LogP contribution < -0.4 is 4.90 Å². The second kappa shape index (κ2) is 9.30. The van der Waals surface area contributed by atoms with Crippen molar-refractivity contribution < 1.29 is 22.7 Å². The molecule has 180 valence electrons. The van der Waals surface area contributed by atoms with Crippen LogP contribution in [0, 0.1) is 29.6 Å². The van der Waals surface area contributed by atoms with E-state index in [0.717, 1.165) is 23.6 Å². The van der Waals surface area contributed by atoms with Gasteiger partial charge in [-0.1, -0.05) is 29.8 Å². The van der Waals surface area contributed by atoms with Crippen LogP contribution in [0.2, 0.25) is 0 Å². The predicted octanol–water partition coefficient (Wildman–Crippen LogP) is 4.43. The average molecular weight is 472 g/mol. The summed E-state index contributed by atoms with van der Waals surface area (Å²) in [6, 6.07) is 13.4. The number of nitriles is 1. The number of aryl methyl sites for hydroxylation is 1. The van der Waals surface area contributed by atoms with Gasteiger partial charge in [0, 0.05) is 50.3 Å². The van der Waals surface area contributed by atoms with Crippen LogP contribution >= 0.6 is 0 Å². The van der Waals surface area contributed by atoms with Crippen LogP contribution in [-0.2, 0) is 22.1 Å². The van der Waals surface area contributed by atoms with Crippen molar-refractivity contribution in [2.45, 2.75) is 25.9 Å². The number of carbonyl (C=O) groups excluding carboxylic acids is 1. The van der Waals surface area contributed by atoms with Gasteiger partial charge in [0.1, 0.15) is 0 Å². The summed E-state index contributed by atoms with van der Waals surface area (Å²) in [6.45, 7) is 4.71. The van der Waals surface area contributed by atoms with Crippen molar-refractivity contribution in [3.05, 3.63) is 64.7 Å². The molecule has 0 unspecified atom stereocenters. The van der Waals surface area contributed by atoms with Crippen molar-refractivity contribution in [3.8, 4) is 6.07 Å². The first-order valence-corrected chi connectivity index (χ1v) is 11.3. The lowest BCUT2D eigenvalue weighted by Gasteiger charge is -2.43. The van der Waals surface area contributed by atoms with Gasteiger partial charge in [-0.15, -0.1) is 0 Å². The van der Waals surface area contributed by atoms with Crippen molar-refractivity contribution in [2.24, 2.45) is 11.3 Å². The molecule has 34 heavy (non-hydrogen) atoms. The maximum Gasteiger partial charge on any atom is 0.417 e. The molecule has 2 heterocycles. The quantitative estimate of drug-likeness (QED) is 0.648. The Bertz CT molecular complexity index is 1090. The van der Waals surface area contributed by atoms with Crippen LogP contribution in [0.4, 0.5) is 18.9 Å². The number of halogens is 3. The number of anilines is 1. The summed E-state index contributed by atoms with van der Waals surface area (Å²) in [7, 11) is 1.63. The van der Waals surface area contributed by atoms with Crippen LogP contribution in [0.25, 0.3) is 0 Å². The normalized spacial score (nSPS) is 22.4. The van der Waals surface area contributed by atoms with E-state index in [-0.39, 0.29) is 22.8 Å². The van der Waals surface area contributed by atoms with Crippen molar-refractivity contribution in [1.82, 2.24) is 4.90 Å². The van der Waals surface area contributed by atoms with Gasteiger partial charge >= 0.3 is 6.18 Å². The second-order valence-corrected chi connectivity index (χ2v) is 9.46. The number of nitrogens with zero attached hydrogens (tertiary/aromatic N) is 3. The molecule has 0 saturated carbocycles. The molecular formula is C26H28F3N3O2. The zero-order valence-electron chi connectivity index (χ0n) is 19.4. The Morgan fingerprint density at radius 3 is 2.59 bits per heavy atom. The number of hydrogen-bond donors (Lipinski definition) is 0. The summed E-state index contributed by atoms with van der Waals surface area (Å²) in [5.41, 5.74) is 1.01. The van der Waals surface area contributed by atoms with Crippen molar-refractivity contribution in [3.63, 3.8) is 0 Å². The van der Waals surface area contributed by atoms with Crippen LogP contribution in [0.5, 0.6) is 0 Å². The lowest BCUT2D eigenvalue weighted by molar-refractivity contribution is -0.138. The Kier molecular flexibility index (Phi) is 6.59. The highest BCUT2D eigenvalue weighted by Crippen LogP contribution is 2.45. The first kappa shape index (κ1) is 24.1. The molecule has 2 atom stereocenters. The minimum Gasteiger partial charge on any atom is -0.384 e. The monoisotopic (exact) mass is 471 g/mol. The van der Waals surface area contributed by atoms with Crippen molar-refractivity contribution in [2.75, 3.05) is 44.8 Å². The largest absolute Gasteiger partial charge is 0.417 e. The zero-order chi connectivity index (χ0) is 24.5. The number of rotatable bonds is 5. The highest BCUT2D eigenvalue weighted by Gasteiger charge is 2.50. The molecule has 5 nitrogen and oxygen atoms in total. The highest BCUT2D eigenvalue weighted by molar-refractivity contribution is 5.79. The lowest BCUT2D eigenvalue weighted by Crippen LogP contribution is -2.51. The lowest BCUT2D eigenvalue weighted by atomic mass is 9.73. The fourth-order valence-electron chi connectivity index (χ4n) is 5.28. The van der Waals surface area contributed by atoms with E-state index < -0.39 is 11.7 Å². The molecule has 2 aliphatic heterocycles. The van der Waals surface area contributed by atoms with Crippen molar-refractivity contribution >= 4 is 11.6 Å². The summed E-state index contributed by atoms with van der Waals surface area (Å²) < 4.78 is 46.0. The van der Waals surface area contributed by atoms with Gasteiger partial charge in [0.05, 0.1) is 30.2 Å². The number of alkyl halides is 3. The minimum atomic E-state index is -4.60. The number of hydrogen-bond acceptors (Lipinski definition) is 4. The van der Waals surface area contributed by atoms with Gasteiger partial charge in [0.15, 0.2) is 0 Å². The maximum absolute atomic E-state index is 13.5. The molecule has 2 aromatic rings. The first-order chi connectivity index (χ1) is 16.1. The Hall–Kier alpha value is -3.05. The van der Waals surface area contributed by atoms with E-state index >= 15 is 0 Å². The summed E-state index contributed by atoms with van der Waals surface area (Å²) in [4.78, 5) is 16.8. The molecule has 2 saturated heterocycles. The third kappa shape index (κ3) is 4.76. The Morgan fingerprint density at radius 2 is 1.94 bits per heavy atom. The summed E-state index contributed by atoms with van der Waals surface area (Å²) in [5.74, 6) is 0.138. The number of benzene rings is 2. The molecule has 1 amide bonds. The third-order valence-corrected chi connectivity index (χ3v) is 7.19. The van der Waals surface area contributed by atoms with E-state index in [1.807, 2.05) is 41.0 Å². The molecular weight excluding hydrogens is 443 g/mol. The van der Waals surface area contributed by atoms with E-state index in [1.165, 1.54) is 6.07 Å². The van der Waals surface area contributed by atoms with Crippen LogP contribution in [0.1, 0.15) is 28.7 Å². The second-order valence-electron chi connectivity index (χ2n) is 9.46. The minimum absolute atomic E-state index is 0.0612. The summed E-state index contributed by atoms with van der Waals surface area (Å²) in [5, 5.41) is 9.10. The van der Waals surface area contributed by atoms with Gasteiger partial charge in [-0.25, -0.2) is 0 Å². The molecule has 8 heteroatoms. The number of piperidine rings is 1. The van der Waals surface area contributed by atoms with Crippen molar-refractivity contribution in [1.29, 1.82) is 5.26 Å². The topological polar surface area (TPSA) is 56.6 Å². The number of amides is 1. The molecule has 0 N–H and O–H groups in total. The predicted molar refractivity (Wildman–Crippen MR) is 122 cm³/mol. The third-order valence-electron chi connectivity index (χ3n) is 7.19. The molecule has 0 spiro atoms. The molecule has 2 aromatic carbocycles. The van der Waals surface area contributed by atoms with Gasteiger partial charge in [0.2, 0.25) is 5.91 Å². The fourth-order valence-corrected chi connectivity index (χ4v) is 5.28. The average Bonchev–Trinajstić information content (AvgIpc) is 3.18. The van der Waals surface area contributed by atoms with Gasteiger partial charge < -0.3 is 14.5 Å². The zero-order valence-corrected chi connectivity index (χ0v) is 19.4. The number of ether oxygens (including phenoxy) is 1. The highest BCUT2D eigenvalue weighted by atomic mass is 19.4.